The molecular formula is C14H14. The van der Waals surface area contributed by atoms with Crippen molar-refractivity contribution in [3.05, 3.63) is 47.1 Å². The fraction of sp³-hybridized carbons (Fsp3) is 0.286. The summed E-state index contributed by atoms with van der Waals surface area (Å²) in [6.07, 6.45) is 18.5. The molecule has 2 aliphatic rings. The molecule has 2 rings (SSSR count). The van der Waals surface area contributed by atoms with Crippen LogP contribution in [0.3, 0.4) is 0 Å². The Morgan fingerprint density at radius 1 is 1.36 bits per heavy atom. The molecule has 1 unspecified atom stereocenters. The summed E-state index contributed by atoms with van der Waals surface area (Å²) < 4.78 is 0. The van der Waals surface area contributed by atoms with Gasteiger partial charge in [0.15, 0.2) is 0 Å². The summed E-state index contributed by atoms with van der Waals surface area (Å²) in [6, 6.07) is 0. The van der Waals surface area contributed by atoms with Crippen LogP contribution < -0.4 is 0 Å². The van der Waals surface area contributed by atoms with E-state index < -0.39 is 0 Å². The average Bonchev–Trinajstić information content (AvgIpc) is 2.75. The average molecular weight is 182 g/mol. The van der Waals surface area contributed by atoms with Crippen LogP contribution in [0.2, 0.25) is 0 Å². The van der Waals surface area contributed by atoms with E-state index in [1.165, 1.54) is 16.7 Å². The maximum atomic E-state index is 5.56. The molecular weight excluding hydrogens is 168 g/mol. The number of fused-ring (bicyclic) bond motifs is 1. The molecule has 0 bridgehead atoms. The predicted octanol–water partition coefficient (Wildman–Crippen LogP) is 3.40. The Kier molecular flexibility index (Phi) is 2.41. The first-order valence-corrected chi connectivity index (χ1v) is 5.14. The summed E-state index contributed by atoms with van der Waals surface area (Å²) in [5, 5.41) is 0. The van der Waals surface area contributed by atoms with Gasteiger partial charge in [0.25, 0.3) is 0 Å². The Balaban J connectivity index is 2.19. The first-order valence-electron chi connectivity index (χ1n) is 5.14. The van der Waals surface area contributed by atoms with E-state index in [-0.39, 0.29) is 0 Å². The second-order valence-corrected chi connectivity index (χ2v) is 3.69. The summed E-state index contributed by atoms with van der Waals surface area (Å²) in [6.45, 7) is 2.18. The molecule has 0 saturated heterocycles. The second kappa shape index (κ2) is 3.72. The summed E-state index contributed by atoms with van der Waals surface area (Å²) in [5.74, 6) is 3.18. The maximum absolute atomic E-state index is 5.56. The molecule has 0 heteroatoms. The van der Waals surface area contributed by atoms with Crippen molar-refractivity contribution in [3.8, 4) is 12.3 Å². The van der Waals surface area contributed by atoms with Gasteiger partial charge in [-0.2, -0.15) is 0 Å². The highest BCUT2D eigenvalue weighted by molar-refractivity contribution is 5.65. The summed E-state index contributed by atoms with van der Waals surface area (Å²) in [5.41, 5.74) is 3.98. The van der Waals surface area contributed by atoms with E-state index in [0.717, 1.165) is 12.8 Å². The van der Waals surface area contributed by atoms with Crippen molar-refractivity contribution in [2.24, 2.45) is 5.92 Å². The van der Waals surface area contributed by atoms with Crippen LogP contribution in [-0.4, -0.2) is 0 Å². The lowest BCUT2D eigenvalue weighted by molar-refractivity contribution is 0.686. The van der Waals surface area contributed by atoms with E-state index >= 15 is 0 Å². The molecule has 0 radical (unpaired) electrons. The molecule has 0 aromatic rings. The molecule has 0 aliphatic heterocycles. The number of allylic oxidation sites excluding steroid dienone is 8. The zero-order chi connectivity index (χ0) is 9.97. The van der Waals surface area contributed by atoms with Crippen LogP contribution in [0.15, 0.2) is 47.1 Å². The second-order valence-electron chi connectivity index (χ2n) is 3.69. The lowest BCUT2D eigenvalue weighted by Crippen LogP contribution is -2.01. The molecule has 0 spiro atoms. The highest BCUT2D eigenvalue weighted by Gasteiger charge is 2.21. The molecule has 0 N–H and O–H groups in total. The number of rotatable bonds is 3. The molecule has 0 heterocycles. The van der Waals surface area contributed by atoms with Crippen LogP contribution in [0.1, 0.15) is 19.8 Å². The molecule has 0 nitrogen and oxygen atoms in total. The fourth-order valence-electron chi connectivity index (χ4n) is 2.03. The Morgan fingerprint density at radius 2 is 2.21 bits per heavy atom. The van der Waals surface area contributed by atoms with Crippen molar-refractivity contribution in [3.63, 3.8) is 0 Å². The van der Waals surface area contributed by atoms with E-state index in [1.54, 1.807) is 0 Å². The van der Waals surface area contributed by atoms with Crippen LogP contribution in [0, 0.1) is 18.3 Å². The van der Waals surface area contributed by atoms with Crippen LogP contribution in [0.4, 0.5) is 0 Å². The Bertz CT molecular complexity index is 394. The van der Waals surface area contributed by atoms with Gasteiger partial charge >= 0.3 is 0 Å². The van der Waals surface area contributed by atoms with Crippen LogP contribution in [-0.2, 0) is 0 Å². The molecule has 0 aromatic heterocycles. The number of hydrogen-bond donors (Lipinski definition) is 0. The highest BCUT2D eigenvalue weighted by atomic mass is 14.2. The zero-order valence-corrected chi connectivity index (χ0v) is 8.46. The van der Waals surface area contributed by atoms with Gasteiger partial charge in [-0.1, -0.05) is 49.6 Å². The van der Waals surface area contributed by atoms with Gasteiger partial charge in [0.1, 0.15) is 0 Å². The molecule has 2 aliphatic carbocycles. The molecule has 14 heavy (non-hydrogen) atoms. The Hall–Kier alpha value is -1.48. The normalized spacial score (nSPS) is 19.6. The molecule has 0 aromatic carbocycles. The van der Waals surface area contributed by atoms with Crippen LogP contribution in [0.25, 0.3) is 0 Å². The lowest BCUT2D eigenvalue weighted by atomic mass is 9.90. The first kappa shape index (κ1) is 9.09. The zero-order valence-electron chi connectivity index (χ0n) is 8.46. The van der Waals surface area contributed by atoms with Gasteiger partial charge in [0.05, 0.1) is 0 Å². The molecule has 0 amide bonds. The van der Waals surface area contributed by atoms with Crippen molar-refractivity contribution in [1.82, 2.24) is 0 Å². The first-order chi connectivity index (χ1) is 6.86. The van der Waals surface area contributed by atoms with E-state index in [2.05, 4.69) is 43.2 Å². The topological polar surface area (TPSA) is 0 Å². The SMILES string of the molecule is C#CC(CCC)C1=CC=C2C=CC=C21. The molecule has 0 fully saturated rings. The van der Waals surface area contributed by atoms with Gasteiger partial charge in [-0.05, 0) is 23.1 Å². The minimum atomic E-state index is 0.292. The van der Waals surface area contributed by atoms with E-state index in [9.17, 15) is 0 Å². The summed E-state index contributed by atoms with van der Waals surface area (Å²) in [4.78, 5) is 0. The Morgan fingerprint density at radius 3 is 2.93 bits per heavy atom. The van der Waals surface area contributed by atoms with Crippen molar-refractivity contribution in [2.75, 3.05) is 0 Å². The van der Waals surface area contributed by atoms with Crippen molar-refractivity contribution in [1.29, 1.82) is 0 Å². The van der Waals surface area contributed by atoms with Gasteiger partial charge in [0.2, 0.25) is 0 Å². The quantitative estimate of drug-likeness (QED) is 0.587. The maximum Gasteiger partial charge on any atom is 0.0455 e. The molecule has 1 atom stereocenters. The van der Waals surface area contributed by atoms with Crippen molar-refractivity contribution in [2.45, 2.75) is 19.8 Å². The number of terminal acetylenes is 1. The minimum absolute atomic E-state index is 0.292. The van der Waals surface area contributed by atoms with E-state index in [1.807, 2.05) is 0 Å². The van der Waals surface area contributed by atoms with Gasteiger partial charge in [0, 0.05) is 5.92 Å². The third-order valence-corrected chi connectivity index (χ3v) is 2.76. The Labute approximate surface area is 85.7 Å². The number of hydrogen-bond acceptors (Lipinski definition) is 0. The van der Waals surface area contributed by atoms with Gasteiger partial charge < -0.3 is 0 Å². The smallest absolute Gasteiger partial charge is 0.0455 e. The molecule has 70 valence electrons. The minimum Gasteiger partial charge on any atom is -0.119 e. The van der Waals surface area contributed by atoms with Crippen LogP contribution >= 0.6 is 0 Å². The third kappa shape index (κ3) is 1.36. The van der Waals surface area contributed by atoms with Crippen LogP contribution in [0.5, 0.6) is 0 Å². The van der Waals surface area contributed by atoms with E-state index in [4.69, 9.17) is 6.42 Å². The van der Waals surface area contributed by atoms with Gasteiger partial charge in [-0.25, -0.2) is 0 Å². The highest BCUT2D eigenvalue weighted by Crippen LogP contribution is 2.36. The monoisotopic (exact) mass is 182 g/mol. The third-order valence-electron chi connectivity index (χ3n) is 2.76. The summed E-state index contributed by atoms with van der Waals surface area (Å²) in [7, 11) is 0. The van der Waals surface area contributed by atoms with Gasteiger partial charge in [-0.15, -0.1) is 6.42 Å². The fourth-order valence-corrected chi connectivity index (χ4v) is 2.03. The van der Waals surface area contributed by atoms with Gasteiger partial charge in [-0.3, -0.25) is 0 Å². The van der Waals surface area contributed by atoms with Crippen molar-refractivity contribution < 1.29 is 0 Å². The largest absolute Gasteiger partial charge is 0.119 e. The van der Waals surface area contributed by atoms with E-state index in [0.29, 0.717) is 5.92 Å². The predicted molar refractivity (Wildman–Crippen MR) is 60.6 cm³/mol. The lowest BCUT2D eigenvalue weighted by Gasteiger charge is -2.12. The molecule has 0 saturated carbocycles. The standard InChI is InChI=1S/C14H14/c1-3-6-11(4-2)14-10-9-12-7-5-8-13(12)14/h2,5,7-11H,3,6H2,1H3. The summed E-state index contributed by atoms with van der Waals surface area (Å²) >= 11 is 0. The van der Waals surface area contributed by atoms with Crippen molar-refractivity contribution >= 4 is 0 Å².